The van der Waals surface area contributed by atoms with Crippen LogP contribution >= 0.6 is 11.8 Å². The van der Waals surface area contributed by atoms with Gasteiger partial charge in [-0.3, -0.25) is 72.9 Å². The summed E-state index contributed by atoms with van der Waals surface area (Å²) in [7, 11) is 0. The van der Waals surface area contributed by atoms with Crippen molar-refractivity contribution in [3.63, 3.8) is 0 Å². The Hall–Kier alpha value is -14.9. The van der Waals surface area contributed by atoms with E-state index < -0.39 is 22.6 Å². The van der Waals surface area contributed by atoms with E-state index in [4.69, 9.17) is 0 Å². The number of nitrogens with one attached hydrogen (secondary N) is 10. The van der Waals surface area contributed by atoms with Crippen LogP contribution in [0.15, 0.2) is 333 Å². The Morgan fingerprint density at radius 1 is 0.363 bits per heavy atom. The summed E-state index contributed by atoms with van der Waals surface area (Å²) in [5, 5.41) is 14.5. The topological polar surface area (TPSA) is 374 Å². The molecule has 3 saturated carbocycles. The van der Waals surface area contributed by atoms with Crippen molar-refractivity contribution in [2.24, 2.45) is 17.8 Å². The van der Waals surface area contributed by atoms with Gasteiger partial charge in [0.2, 0.25) is 0 Å². The lowest BCUT2D eigenvalue weighted by atomic mass is 9.95. The molecule has 3 aliphatic rings. The minimum absolute atomic E-state index is 0.0355. The van der Waals surface area contributed by atoms with E-state index in [2.05, 4.69) is 101 Å². The lowest BCUT2D eigenvalue weighted by Gasteiger charge is -2.22. The second-order valence-electron chi connectivity index (χ2n) is 30.4. The van der Waals surface area contributed by atoms with Crippen LogP contribution in [0.5, 0.6) is 0 Å². The highest BCUT2D eigenvalue weighted by Gasteiger charge is 2.40. The molecule has 0 aliphatic heterocycles. The molecule has 5 atom stereocenters. The summed E-state index contributed by atoms with van der Waals surface area (Å²) in [6, 6.07) is 64.4. The number of H-pyrrole nitrogens is 5. The number of anilines is 1. The molecule has 0 saturated heterocycles. The first-order chi connectivity index (χ1) is 60.4. The predicted molar refractivity (Wildman–Crippen MR) is 482 cm³/mol. The number of aryl methyl sites for hydroxylation is 2. The lowest BCUT2D eigenvalue weighted by Crippen LogP contribution is -2.40. The van der Waals surface area contributed by atoms with Crippen molar-refractivity contribution >= 4 is 47.0 Å². The minimum Gasteiger partial charge on any atom is -0.352 e. The number of benzene rings is 4. The summed E-state index contributed by atoms with van der Waals surface area (Å²) < 4.78 is 0. The van der Waals surface area contributed by atoms with Crippen molar-refractivity contribution < 1.29 is 24.0 Å². The molecule has 10 aromatic heterocycles. The van der Waals surface area contributed by atoms with Crippen molar-refractivity contribution in [3.8, 4) is 55.6 Å². The Morgan fingerprint density at radius 3 is 1.03 bits per heavy atom. The van der Waals surface area contributed by atoms with Gasteiger partial charge >= 0.3 is 0 Å². The summed E-state index contributed by atoms with van der Waals surface area (Å²) in [6.45, 7) is 4.54. The van der Waals surface area contributed by atoms with Crippen LogP contribution in [0.2, 0.25) is 0 Å². The molecule has 3 aliphatic carbocycles. The Bertz CT molecular complexity index is 6070. The maximum absolute atomic E-state index is 12.6. The summed E-state index contributed by atoms with van der Waals surface area (Å²) in [6.07, 6.45) is 35.2. The van der Waals surface area contributed by atoms with E-state index in [0.29, 0.717) is 24.1 Å². The van der Waals surface area contributed by atoms with Gasteiger partial charge in [0, 0.05) is 133 Å². The van der Waals surface area contributed by atoms with E-state index in [1.54, 1.807) is 135 Å². The zero-order valence-corrected chi connectivity index (χ0v) is 69.1. The van der Waals surface area contributed by atoms with Crippen LogP contribution in [0.3, 0.4) is 0 Å². The average molecular weight is 1670 g/mol. The van der Waals surface area contributed by atoms with Crippen molar-refractivity contribution in [1.29, 1.82) is 0 Å². The fourth-order valence-electron chi connectivity index (χ4n) is 14.4. The van der Waals surface area contributed by atoms with Crippen molar-refractivity contribution in [3.05, 3.63) is 390 Å². The average Bonchev–Trinajstić information content (AvgIpc) is 1.46. The third-order valence-electron chi connectivity index (χ3n) is 21.4. The van der Waals surface area contributed by atoms with Crippen molar-refractivity contribution in [1.82, 2.24) is 71.1 Å². The van der Waals surface area contributed by atoms with Crippen LogP contribution in [-0.2, 0) is 12.8 Å². The van der Waals surface area contributed by atoms with Crippen LogP contribution in [0, 0.1) is 17.8 Å². The molecule has 626 valence electrons. The van der Waals surface area contributed by atoms with Gasteiger partial charge in [-0.1, -0.05) is 97.0 Å². The number of fused-ring (bicyclic) bond motifs is 2. The summed E-state index contributed by atoms with van der Waals surface area (Å²) in [4.78, 5) is 158. The second-order valence-corrected chi connectivity index (χ2v) is 31.6. The number of aromatic nitrogens is 10. The highest BCUT2D eigenvalue weighted by molar-refractivity contribution is 7.99. The normalized spacial score (nSPS) is 14.4. The molecule has 0 radical (unpaired) electrons. The van der Waals surface area contributed by atoms with Gasteiger partial charge in [-0.2, -0.15) is 0 Å². The summed E-state index contributed by atoms with van der Waals surface area (Å²) in [5.41, 5.74) is 10.2. The maximum Gasteiger partial charge on any atom is 0.261 e. The van der Waals surface area contributed by atoms with Gasteiger partial charge < -0.3 is 51.5 Å². The first kappa shape index (κ1) is 86.9. The molecule has 5 amide bonds. The molecule has 10 heterocycles. The number of carbonyl (C=O) groups excluding carboxylic acids is 5. The molecule has 0 spiro atoms. The molecule has 10 N–H and O–H groups in total. The zero-order valence-electron chi connectivity index (χ0n) is 68.3. The Kier molecular flexibility index (Phi) is 30.4. The van der Waals surface area contributed by atoms with E-state index >= 15 is 0 Å². The Labute approximate surface area is 719 Å². The number of amides is 5. The third kappa shape index (κ3) is 25.1. The number of hydrogen-bond acceptors (Lipinski definition) is 16. The molecule has 3 fully saturated rings. The SMILES string of the molecule is CC(CCc1ccccc1)NC(=O)c1cc(-c2ccncc2)c[nH]c1=O.CC(CCc1ccccc1)NC(=O)c1cc(-c2ccncc2)c[nH]c1=O.O=C(NC1CC2CCC1C2)c1cc(-c2ccncc2)c[nH]c1=O.O=C(NCC1CC1)c1cc(-c2ccncc2)c[nH]c1=O.O=C(Nc1ccc(Sc2ccccc2)cc1)c1cc(-c2ccncc2)c[nH]c1=O. The van der Waals surface area contributed by atoms with Gasteiger partial charge in [0.1, 0.15) is 27.8 Å². The van der Waals surface area contributed by atoms with Gasteiger partial charge in [0.25, 0.3) is 57.3 Å². The minimum atomic E-state index is -0.453. The number of rotatable bonds is 24. The van der Waals surface area contributed by atoms with Crippen LogP contribution in [0.4, 0.5) is 5.69 Å². The van der Waals surface area contributed by atoms with Gasteiger partial charge in [-0.25, -0.2) is 0 Å². The smallest absolute Gasteiger partial charge is 0.261 e. The third-order valence-corrected chi connectivity index (χ3v) is 22.4. The molecular formula is C98H93N15O10S. The summed E-state index contributed by atoms with van der Waals surface area (Å²) in [5.74, 6) is 0.185. The van der Waals surface area contributed by atoms with Crippen molar-refractivity contribution in [2.75, 3.05) is 11.9 Å². The zero-order chi connectivity index (χ0) is 86.5. The van der Waals surface area contributed by atoms with Gasteiger partial charge in [-0.05, 0) is 284 Å². The van der Waals surface area contributed by atoms with E-state index in [0.717, 1.165) is 116 Å². The number of aromatic amines is 5. The molecular weight excluding hydrogens is 1580 g/mol. The standard InChI is InChI=1S/C23H17N3O2S.2C21H21N3O2.C18H19N3O2.C15H15N3O2/c27-22-21(14-17(15-25-22)16-10-12-24-13-11-16)23(28)26-18-6-8-20(9-7-18)29-19-4-2-1-3-5-19;2*1-15(7-8-16-5-3-2-4-6-16)24-21(26)19-13-18(14-23-20(19)25)17-9-11-22-12-10-17;22-17-15(9-14(10-20-17)12-3-5-19-6-4-12)18(23)21-16-8-11-1-2-13(16)7-11;19-14(17-8-10-1-2-10)13-7-12(9-18-15(13)20)11-3-5-16-6-4-11/h1-15H,(H,25,27)(H,26,28);2*2-6,9-15H,7-8H2,1H3,(H,23,25)(H,24,26);3-6,9-11,13,16H,1-2,7-8H2,(H,20,22)(H,21,23);3-7,9-10H,1-2,8H2,(H,17,19)(H,18,20). The lowest BCUT2D eigenvalue weighted by molar-refractivity contribution is 0.0916. The fourth-order valence-corrected chi connectivity index (χ4v) is 15.2. The molecule has 124 heavy (non-hydrogen) atoms. The number of hydrogen-bond donors (Lipinski definition) is 10. The van der Waals surface area contributed by atoms with E-state index in [1.165, 1.54) is 30.4 Å². The predicted octanol–water partition coefficient (Wildman–Crippen LogP) is 15.1. The quantitative estimate of drug-likeness (QED) is 0.0269. The van der Waals surface area contributed by atoms with Crippen LogP contribution in [0.25, 0.3) is 55.6 Å². The molecule has 5 unspecified atom stereocenters. The first-order valence-electron chi connectivity index (χ1n) is 41.0. The molecule has 26 heteroatoms. The molecule has 17 rings (SSSR count). The number of pyridine rings is 10. The fraction of sp³-hybridized carbons (Fsp3) is 0.194. The van der Waals surface area contributed by atoms with Gasteiger partial charge in [0.15, 0.2) is 0 Å². The van der Waals surface area contributed by atoms with Crippen LogP contribution in [-0.4, -0.2) is 104 Å². The molecule has 4 aromatic carbocycles. The highest BCUT2D eigenvalue weighted by atomic mass is 32.2. The molecule has 14 aromatic rings. The highest BCUT2D eigenvalue weighted by Crippen LogP contribution is 2.44. The molecule has 2 bridgehead atoms. The Morgan fingerprint density at radius 2 is 0.694 bits per heavy atom. The second kappa shape index (κ2) is 43.3. The van der Waals surface area contributed by atoms with Gasteiger partial charge in [0.05, 0.1) is 0 Å². The molecule has 25 nitrogen and oxygen atoms in total. The van der Waals surface area contributed by atoms with Gasteiger partial charge in [-0.15, -0.1) is 0 Å². The monoisotopic (exact) mass is 1670 g/mol. The van der Waals surface area contributed by atoms with Crippen LogP contribution in [0.1, 0.15) is 128 Å². The van der Waals surface area contributed by atoms with E-state index in [-0.39, 0.29) is 80.7 Å². The number of nitrogens with zero attached hydrogens (tertiary/aromatic N) is 5. The number of carbonyl (C=O) groups is 5. The maximum atomic E-state index is 12.6. The largest absolute Gasteiger partial charge is 0.352 e. The summed E-state index contributed by atoms with van der Waals surface area (Å²) >= 11 is 1.64. The first-order valence-corrected chi connectivity index (χ1v) is 41.8. The Balaban J connectivity index is 0.000000134. The van der Waals surface area contributed by atoms with Crippen LogP contribution < -0.4 is 54.4 Å². The van der Waals surface area contributed by atoms with E-state index in [1.807, 2.05) is 166 Å². The van der Waals surface area contributed by atoms with E-state index in [9.17, 15) is 47.9 Å². The van der Waals surface area contributed by atoms with Crippen molar-refractivity contribution in [2.45, 2.75) is 106 Å².